The van der Waals surface area contributed by atoms with Crippen LogP contribution < -0.4 is 4.46 Å². The van der Waals surface area contributed by atoms with Crippen LogP contribution in [0.3, 0.4) is 0 Å². The number of hydroxylamine groups is 1. The van der Waals surface area contributed by atoms with Gasteiger partial charge in [-0.1, -0.05) is 0 Å². The van der Waals surface area contributed by atoms with Gasteiger partial charge in [0.2, 0.25) is 0 Å². The summed E-state index contributed by atoms with van der Waals surface area (Å²) in [6.45, 7) is 5.97. The molecule has 2 atom stereocenters. The van der Waals surface area contributed by atoms with E-state index in [1.807, 2.05) is 6.08 Å². The van der Waals surface area contributed by atoms with Crippen LogP contribution in [-0.2, 0) is 0 Å². The summed E-state index contributed by atoms with van der Waals surface area (Å²) in [4.78, 5) is 0.523. The van der Waals surface area contributed by atoms with Crippen molar-refractivity contribution in [2.45, 2.75) is 56.3 Å². The molecule has 0 radical (unpaired) electrons. The summed E-state index contributed by atoms with van der Waals surface area (Å²) in [5, 5.41) is 12.6. The SMILES string of the molecule is C=CCCCC1=[N+]([O-])C(C(CC)[Se]c2ccccc2)CC1. The van der Waals surface area contributed by atoms with Crippen LogP contribution in [0.4, 0.5) is 0 Å². The topological polar surface area (TPSA) is 26.1 Å². The molecule has 0 aliphatic carbocycles. The van der Waals surface area contributed by atoms with Crippen molar-refractivity contribution in [2.24, 2.45) is 0 Å². The second-order valence-corrected chi connectivity index (χ2v) is 8.31. The third kappa shape index (κ3) is 4.46. The number of rotatable bonds is 8. The van der Waals surface area contributed by atoms with Gasteiger partial charge in [0.25, 0.3) is 0 Å². The van der Waals surface area contributed by atoms with Crippen molar-refractivity contribution in [1.29, 1.82) is 0 Å². The van der Waals surface area contributed by atoms with Gasteiger partial charge in [-0.3, -0.25) is 0 Å². The van der Waals surface area contributed by atoms with Gasteiger partial charge in [0.15, 0.2) is 0 Å². The Bertz CT molecular complexity index is 483. The zero-order valence-corrected chi connectivity index (χ0v) is 14.5. The molecule has 0 amide bonds. The maximum absolute atomic E-state index is 12.6. The van der Waals surface area contributed by atoms with Gasteiger partial charge >= 0.3 is 134 Å². The molecule has 21 heavy (non-hydrogen) atoms. The zero-order valence-electron chi connectivity index (χ0n) is 12.8. The van der Waals surface area contributed by atoms with Gasteiger partial charge in [0, 0.05) is 0 Å². The van der Waals surface area contributed by atoms with Crippen LogP contribution in [0.5, 0.6) is 0 Å². The number of hydrogen-bond donors (Lipinski definition) is 0. The minimum atomic E-state index is 0.203. The molecule has 1 aliphatic heterocycles. The van der Waals surface area contributed by atoms with Gasteiger partial charge in [0.05, 0.1) is 0 Å². The Morgan fingerprint density at radius 1 is 1.43 bits per heavy atom. The van der Waals surface area contributed by atoms with E-state index >= 15 is 0 Å². The van der Waals surface area contributed by atoms with Crippen molar-refractivity contribution >= 4 is 25.1 Å². The van der Waals surface area contributed by atoms with Crippen LogP contribution in [0.25, 0.3) is 0 Å². The fraction of sp³-hybridized carbons (Fsp3) is 0.500. The first-order valence-corrected chi connectivity index (χ1v) is 9.74. The minimum absolute atomic E-state index is 0.203. The van der Waals surface area contributed by atoms with Crippen molar-refractivity contribution in [1.82, 2.24) is 0 Å². The average Bonchev–Trinajstić information content (AvgIpc) is 2.87. The number of allylic oxidation sites excluding steroid dienone is 1. The van der Waals surface area contributed by atoms with E-state index in [4.69, 9.17) is 0 Å². The molecule has 0 fully saturated rings. The van der Waals surface area contributed by atoms with Crippen LogP contribution in [-0.4, -0.2) is 31.4 Å². The Morgan fingerprint density at radius 3 is 2.86 bits per heavy atom. The summed E-state index contributed by atoms with van der Waals surface area (Å²) in [5.41, 5.74) is 1.11. The van der Waals surface area contributed by atoms with E-state index < -0.39 is 0 Å². The average molecular weight is 350 g/mol. The molecule has 1 aromatic carbocycles. The first-order chi connectivity index (χ1) is 10.3. The van der Waals surface area contributed by atoms with Gasteiger partial charge in [-0.25, -0.2) is 0 Å². The van der Waals surface area contributed by atoms with Crippen molar-refractivity contribution < 1.29 is 4.74 Å². The molecule has 0 spiro atoms. The molecular weight excluding hydrogens is 325 g/mol. The molecule has 1 aromatic rings. The molecule has 0 saturated carbocycles. The zero-order chi connectivity index (χ0) is 15.1. The molecule has 0 aromatic heterocycles. The Kier molecular flexibility index (Phi) is 6.53. The second kappa shape index (κ2) is 8.41. The number of nitrogens with zero attached hydrogens (tertiary/aromatic N) is 1. The number of benzene rings is 1. The first kappa shape index (κ1) is 16.3. The van der Waals surface area contributed by atoms with Gasteiger partial charge in [0.1, 0.15) is 0 Å². The summed E-state index contributed by atoms with van der Waals surface area (Å²) in [6.07, 6.45) is 8.08. The van der Waals surface area contributed by atoms with Crippen molar-refractivity contribution in [3.8, 4) is 0 Å². The summed E-state index contributed by atoms with van der Waals surface area (Å²) in [6, 6.07) is 10.8. The Hall–Kier alpha value is -1.05. The van der Waals surface area contributed by atoms with E-state index in [0.717, 1.165) is 44.2 Å². The monoisotopic (exact) mass is 351 g/mol. The summed E-state index contributed by atoms with van der Waals surface area (Å²) >= 11 is 0.389. The fourth-order valence-electron chi connectivity index (χ4n) is 2.91. The third-order valence-electron chi connectivity index (χ3n) is 4.08. The Balaban J connectivity index is 2.00. The number of hydrogen-bond acceptors (Lipinski definition) is 1. The molecule has 3 heteroatoms. The molecule has 114 valence electrons. The van der Waals surface area contributed by atoms with Crippen molar-refractivity contribution in [3.63, 3.8) is 0 Å². The number of unbranched alkanes of at least 4 members (excludes halogenated alkanes) is 1. The molecule has 1 heterocycles. The molecular formula is C18H25NOSe. The standard InChI is InChI=1S/C18H25NOSe/c1-3-5-7-10-15-13-14-17(19(15)20)18(4-2)21-16-11-8-6-9-12-16/h3,6,8-9,11-12,17-18H,1,4-5,7,10,13-14H2,2H3. The van der Waals surface area contributed by atoms with E-state index in [9.17, 15) is 5.21 Å². The predicted molar refractivity (Wildman–Crippen MR) is 91.6 cm³/mol. The van der Waals surface area contributed by atoms with Crippen LogP contribution in [0.15, 0.2) is 43.0 Å². The van der Waals surface area contributed by atoms with E-state index in [0.29, 0.717) is 19.8 Å². The summed E-state index contributed by atoms with van der Waals surface area (Å²) in [7, 11) is 0. The fourth-order valence-corrected chi connectivity index (χ4v) is 5.50. The Morgan fingerprint density at radius 2 is 2.19 bits per heavy atom. The molecule has 1 aliphatic rings. The molecule has 2 rings (SSSR count). The van der Waals surface area contributed by atoms with E-state index in [1.165, 1.54) is 9.20 Å². The van der Waals surface area contributed by atoms with Crippen molar-refractivity contribution in [3.05, 3.63) is 48.2 Å². The van der Waals surface area contributed by atoms with Gasteiger partial charge < -0.3 is 0 Å². The van der Waals surface area contributed by atoms with Gasteiger partial charge in [-0.2, -0.15) is 0 Å². The first-order valence-electron chi connectivity index (χ1n) is 7.90. The third-order valence-corrected chi connectivity index (χ3v) is 7.21. The normalized spacial score (nSPS) is 19.8. The van der Waals surface area contributed by atoms with Crippen LogP contribution in [0.2, 0.25) is 4.82 Å². The van der Waals surface area contributed by atoms with E-state index in [2.05, 4.69) is 43.8 Å². The second-order valence-electron chi connectivity index (χ2n) is 5.56. The summed E-state index contributed by atoms with van der Waals surface area (Å²) < 4.78 is 2.77. The van der Waals surface area contributed by atoms with Gasteiger partial charge in [-0.15, -0.1) is 0 Å². The van der Waals surface area contributed by atoms with Crippen LogP contribution in [0, 0.1) is 5.21 Å². The van der Waals surface area contributed by atoms with E-state index in [-0.39, 0.29) is 6.04 Å². The molecule has 0 saturated heterocycles. The molecule has 0 bridgehead atoms. The molecule has 2 unspecified atom stereocenters. The molecule has 2 nitrogen and oxygen atoms in total. The Labute approximate surface area is 134 Å². The van der Waals surface area contributed by atoms with Gasteiger partial charge in [-0.05, 0) is 0 Å². The van der Waals surface area contributed by atoms with Crippen molar-refractivity contribution in [2.75, 3.05) is 0 Å². The molecule has 0 N–H and O–H groups in total. The summed E-state index contributed by atoms with van der Waals surface area (Å²) in [5.74, 6) is 0. The maximum atomic E-state index is 12.6. The van der Waals surface area contributed by atoms with E-state index in [1.54, 1.807) is 0 Å². The quantitative estimate of drug-likeness (QED) is 0.231. The van der Waals surface area contributed by atoms with Crippen LogP contribution in [0.1, 0.15) is 45.4 Å². The predicted octanol–water partition coefficient (Wildman–Crippen LogP) is 3.68. The van der Waals surface area contributed by atoms with Crippen LogP contribution >= 0.6 is 0 Å².